The topological polar surface area (TPSA) is 156 Å². The van der Waals surface area contributed by atoms with Crippen LogP contribution in [0.5, 0.6) is 5.75 Å². The van der Waals surface area contributed by atoms with Gasteiger partial charge in [0, 0.05) is 36.4 Å². The van der Waals surface area contributed by atoms with Gasteiger partial charge in [0.15, 0.2) is 0 Å². The maximum absolute atomic E-state index is 12.1. The first-order valence-electron chi connectivity index (χ1n) is 10.1. The summed E-state index contributed by atoms with van der Waals surface area (Å²) < 4.78 is 5.13. The number of ether oxygens (including phenoxy) is 1. The van der Waals surface area contributed by atoms with Gasteiger partial charge in [0.05, 0.1) is 21.2 Å². The van der Waals surface area contributed by atoms with Gasteiger partial charge in [-0.1, -0.05) is 42.5 Å². The summed E-state index contributed by atoms with van der Waals surface area (Å²) in [5.74, 6) is -0.464. The van der Waals surface area contributed by atoms with E-state index < -0.39 is 20.7 Å². The number of nitrogens with zero attached hydrogens (tertiary/aromatic N) is 3. The summed E-state index contributed by atoms with van der Waals surface area (Å²) in [4.78, 5) is 43.5. The fraction of sp³-hybridized carbons (Fsp3) is 0.0417. The number of allylic oxidation sites excluding steroid dienone is 2. The van der Waals surface area contributed by atoms with E-state index >= 15 is 0 Å². The quantitative estimate of drug-likeness (QED) is 0.131. The first-order valence-corrected chi connectivity index (χ1v) is 10.1. The highest BCUT2D eigenvalue weighted by atomic mass is 16.6. The maximum Gasteiger partial charge on any atom is 0.315 e. The zero-order chi connectivity index (χ0) is 25.4. The molecule has 0 saturated heterocycles. The number of carbonyl (C=O) groups is 1. The van der Waals surface area contributed by atoms with Crippen molar-refractivity contribution in [3.05, 3.63) is 132 Å². The molecule has 0 unspecified atom stereocenters. The van der Waals surface area contributed by atoms with Crippen molar-refractivity contribution in [3.8, 4) is 5.75 Å². The minimum Gasteiger partial charge on any atom is -0.426 e. The van der Waals surface area contributed by atoms with Crippen LogP contribution in [0.25, 0.3) is 5.57 Å². The van der Waals surface area contributed by atoms with Gasteiger partial charge in [0.25, 0.3) is 17.1 Å². The Balaban J connectivity index is 1.82. The summed E-state index contributed by atoms with van der Waals surface area (Å²) >= 11 is 0. The molecule has 0 radical (unpaired) electrons. The van der Waals surface area contributed by atoms with E-state index in [4.69, 9.17) is 4.74 Å². The predicted molar refractivity (Wildman–Crippen MR) is 126 cm³/mol. The van der Waals surface area contributed by atoms with Gasteiger partial charge in [-0.2, -0.15) is 0 Å². The van der Waals surface area contributed by atoms with Crippen molar-refractivity contribution in [2.24, 2.45) is 0 Å². The second-order valence-corrected chi connectivity index (χ2v) is 7.05. The Morgan fingerprint density at radius 3 is 1.74 bits per heavy atom. The Hall–Kier alpha value is -5.19. The average Bonchev–Trinajstić information content (AvgIpc) is 2.84. The molecule has 0 N–H and O–H groups in total. The lowest BCUT2D eigenvalue weighted by Gasteiger charge is -2.08. The summed E-state index contributed by atoms with van der Waals surface area (Å²) in [7, 11) is 0. The highest BCUT2D eigenvalue weighted by molar-refractivity contribution is 5.82. The van der Waals surface area contributed by atoms with Crippen LogP contribution in [-0.4, -0.2) is 20.7 Å². The van der Waals surface area contributed by atoms with Crippen LogP contribution in [-0.2, 0) is 4.79 Å². The lowest BCUT2D eigenvalue weighted by atomic mass is 9.96. The van der Waals surface area contributed by atoms with E-state index in [9.17, 15) is 35.1 Å². The number of hydrogen-bond acceptors (Lipinski definition) is 8. The maximum atomic E-state index is 12.1. The standard InChI is InChI=1S/C24H17N3O8/c28-24(35-22-13-11-19(12-14-22)25(29)30)10-2-1-9-23(17-5-3-7-20(15-17)26(31)32)18-6-4-8-21(16-18)27(33)34/h1-9,11-16H,10H2/b2-1+. The number of nitro benzene ring substituents is 3. The molecule has 176 valence electrons. The van der Waals surface area contributed by atoms with Crippen LogP contribution in [0, 0.1) is 30.3 Å². The normalized spacial score (nSPS) is 10.5. The summed E-state index contributed by atoms with van der Waals surface area (Å²) in [5.41, 5.74) is 0.960. The molecular weight excluding hydrogens is 458 g/mol. The molecule has 35 heavy (non-hydrogen) atoms. The van der Waals surface area contributed by atoms with E-state index in [0.29, 0.717) is 16.7 Å². The van der Waals surface area contributed by atoms with Crippen molar-refractivity contribution in [2.45, 2.75) is 6.42 Å². The summed E-state index contributed by atoms with van der Waals surface area (Å²) in [6.45, 7) is 0. The van der Waals surface area contributed by atoms with Crippen molar-refractivity contribution >= 4 is 28.6 Å². The summed E-state index contributed by atoms with van der Waals surface area (Å²) in [6, 6.07) is 16.7. The van der Waals surface area contributed by atoms with Gasteiger partial charge in [-0.25, -0.2) is 0 Å². The van der Waals surface area contributed by atoms with Crippen molar-refractivity contribution in [1.82, 2.24) is 0 Å². The molecule has 0 aliphatic rings. The molecule has 0 bridgehead atoms. The molecule has 0 heterocycles. The first-order chi connectivity index (χ1) is 16.7. The van der Waals surface area contributed by atoms with Crippen molar-refractivity contribution in [1.29, 1.82) is 0 Å². The van der Waals surface area contributed by atoms with E-state index in [1.165, 1.54) is 72.8 Å². The van der Waals surface area contributed by atoms with Gasteiger partial charge in [-0.05, 0) is 28.8 Å². The molecule has 0 aliphatic carbocycles. The van der Waals surface area contributed by atoms with Crippen LogP contribution in [0.2, 0.25) is 0 Å². The van der Waals surface area contributed by atoms with Gasteiger partial charge < -0.3 is 4.74 Å². The summed E-state index contributed by atoms with van der Waals surface area (Å²) in [6.07, 6.45) is 4.47. The molecule has 0 amide bonds. The Kier molecular flexibility index (Phi) is 7.75. The molecule has 0 aromatic heterocycles. The highest BCUT2D eigenvalue weighted by Crippen LogP contribution is 2.29. The number of nitro groups is 3. The molecule has 11 nitrogen and oxygen atoms in total. The van der Waals surface area contributed by atoms with Gasteiger partial charge in [0.1, 0.15) is 5.75 Å². The van der Waals surface area contributed by atoms with Gasteiger partial charge >= 0.3 is 5.97 Å². The number of hydrogen-bond donors (Lipinski definition) is 0. The monoisotopic (exact) mass is 475 g/mol. The number of esters is 1. The Labute approximate surface area is 198 Å². The molecule has 3 rings (SSSR count). The zero-order valence-corrected chi connectivity index (χ0v) is 18.0. The molecule has 0 spiro atoms. The lowest BCUT2D eigenvalue weighted by molar-refractivity contribution is -0.385. The molecule has 11 heteroatoms. The van der Waals surface area contributed by atoms with E-state index in [-0.39, 0.29) is 29.2 Å². The lowest BCUT2D eigenvalue weighted by Crippen LogP contribution is -2.06. The van der Waals surface area contributed by atoms with Crippen LogP contribution in [0.1, 0.15) is 17.5 Å². The van der Waals surface area contributed by atoms with Crippen LogP contribution >= 0.6 is 0 Å². The molecular formula is C24H17N3O8. The van der Waals surface area contributed by atoms with E-state index in [1.807, 2.05) is 0 Å². The highest BCUT2D eigenvalue weighted by Gasteiger charge is 2.13. The molecule has 0 saturated carbocycles. The third kappa shape index (κ3) is 6.65. The molecule has 0 aliphatic heterocycles. The van der Waals surface area contributed by atoms with Gasteiger partial charge in [-0.3, -0.25) is 35.1 Å². The van der Waals surface area contributed by atoms with E-state index in [0.717, 1.165) is 0 Å². The van der Waals surface area contributed by atoms with Crippen LogP contribution in [0.4, 0.5) is 17.1 Å². The van der Waals surface area contributed by atoms with E-state index in [1.54, 1.807) is 18.2 Å². The van der Waals surface area contributed by atoms with Crippen molar-refractivity contribution in [2.75, 3.05) is 0 Å². The number of non-ortho nitro benzene ring substituents is 3. The van der Waals surface area contributed by atoms with Crippen LogP contribution < -0.4 is 4.74 Å². The first kappa shape index (κ1) is 24.5. The van der Waals surface area contributed by atoms with Gasteiger partial charge in [-0.15, -0.1) is 0 Å². The Morgan fingerprint density at radius 1 is 0.743 bits per heavy atom. The SMILES string of the molecule is O=C(C/C=C/C=C(c1cccc([N+](=O)[O-])c1)c1cccc([N+](=O)[O-])c1)Oc1ccc([N+](=O)[O-])cc1. The smallest absolute Gasteiger partial charge is 0.315 e. The fourth-order valence-electron chi connectivity index (χ4n) is 3.07. The largest absolute Gasteiger partial charge is 0.426 e. The molecule has 0 fully saturated rings. The van der Waals surface area contributed by atoms with E-state index in [2.05, 4.69) is 0 Å². The second-order valence-electron chi connectivity index (χ2n) is 7.05. The average molecular weight is 475 g/mol. The molecule has 0 atom stereocenters. The molecule has 3 aromatic carbocycles. The third-order valence-corrected chi connectivity index (χ3v) is 4.70. The number of benzene rings is 3. The van der Waals surface area contributed by atoms with Crippen molar-refractivity contribution in [3.63, 3.8) is 0 Å². The van der Waals surface area contributed by atoms with Crippen LogP contribution in [0.15, 0.2) is 91.0 Å². The number of carbonyl (C=O) groups excluding carboxylic acids is 1. The third-order valence-electron chi connectivity index (χ3n) is 4.70. The summed E-state index contributed by atoms with van der Waals surface area (Å²) in [5, 5.41) is 33.1. The molecule has 3 aromatic rings. The second kappa shape index (κ2) is 11.1. The van der Waals surface area contributed by atoms with Crippen LogP contribution in [0.3, 0.4) is 0 Å². The van der Waals surface area contributed by atoms with Gasteiger partial charge in [0.2, 0.25) is 0 Å². The Bertz CT molecular complexity index is 1290. The zero-order valence-electron chi connectivity index (χ0n) is 18.0. The minimum absolute atomic E-state index is 0.134. The number of rotatable bonds is 9. The minimum atomic E-state index is -0.615. The fourth-order valence-corrected chi connectivity index (χ4v) is 3.07. The predicted octanol–water partition coefficient (Wildman–Crippen LogP) is 5.39. The van der Waals surface area contributed by atoms with Crippen molar-refractivity contribution < 1.29 is 24.3 Å². The Morgan fingerprint density at radius 2 is 1.26 bits per heavy atom.